The molecule has 0 bridgehead atoms. The molecule has 1 aliphatic heterocycles. The minimum absolute atomic E-state index is 0.0858. The Hall–Kier alpha value is -3.07. The van der Waals surface area contributed by atoms with Crippen LogP contribution in [0.25, 0.3) is 0 Å². The molecule has 1 aromatic carbocycles. The third-order valence-corrected chi connectivity index (χ3v) is 6.12. The second kappa shape index (κ2) is 8.82. The van der Waals surface area contributed by atoms with Gasteiger partial charge in [0.25, 0.3) is 5.91 Å². The number of carbonyl (C=O) groups excluding carboxylic acids is 1. The number of nitrogens with one attached hydrogen (secondary N) is 2. The number of aromatic hydroxyl groups is 1. The van der Waals surface area contributed by atoms with Gasteiger partial charge in [0.05, 0.1) is 29.0 Å². The Morgan fingerprint density at radius 2 is 1.88 bits per heavy atom. The number of hydrogen-bond donors (Lipinski definition) is 3. The molecular weight excluding hydrogens is 426 g/mol. The smallest absolute Gasteiger partial charge is 0.257 e. The highest BCUT2D eigenvalue weighted by Gasteiger charge is 2.31. The summed E-state index contributed by atoms with van der Waals surface area (Å²) < 4.78 is 14.6. The topological polar surface area (TPSA) is 104 Å². The lowest BCUT2D eigenvalue weighted by Gasteiger charge is -2.30. The lowest BCUT2D eigenvalue weighted by Crippen LogP contribution is -2.27. The number of nitrogens with zero attached hydrogens (tertiary/aromatic N) is 3. The van der Waals surface area contributed by atoms with Gasteiger partial charge in [-0.15, -0.1) is 0 Å². The fourth-order valence-corrected chi connectivity index (χ4v) is 4.34. The van der Waals surface area contributed by atoms with Gasteiger partial charge in [0.15, 0.2) is 17.4 Å². The summed E-state index contributed by atoms with van der Waals surface area (Å²) in [5, 5.41) is 17.4. The summed E-state index contributed by atoms with van der Waals surface area (Å²) in [6.45, 7) is 9.72. The number of benzene rings is 1. The number of anilines is 3. The van der Waals surface area contributed by atoms with Crippen LogP contribution in [0.3, 0.4) is 0 Å². The summed E-state index contributed by atoms with van der Waals surface area (Å²) in [6, 6.07) is 8.88. The quantitative estimate of drug-likeness (QED) is 0.432. The SMILES string of the molecule is Cc1ccc([C@H](Nc2nsnc2Nc2cccc(C(=O)N3CCCC3)c2O)C(C)(C)C)o1. The first kappa shape index (κ1) is 22.1. The number of aromatic nitrogens is 2. The van der Waals surface area contributed by atoms with Crippen molar-refractivity contribution in [2.75, 3.05) is 23.7 Å². The molecule has 3 aromatic rings. The van der Waals surface area contributed by atoms with E-state index < -0.39 is 0 Å². The third kappa shape index (κ3) is 4.57. The number of phenols is 1. The van der Waals surface area contributed by atoms with E-state index in [0.29, 0.717) is 17.3 Å². The first-order valence-corrected chi connectivity index (χ1v) is 11.5. The maximum absolute atomic E-state index is 12.8. The average molecular weight is 456 g/mol. The van der Waals surface area contributed by atoms with Crippen molar-refractivity contribution in [2.24, 2.45) is 5.41 Å². The van der Waals surface area contributed by atoms with E-state index in [0.717, 1.165) is 49.2 Å². The van der Waals surface area contributed by atoms with Gasteiger partial charge in [-0.05, 0) is 49.4 Å². The molecule has 9 heteroatoms. The van der Waals surface area contributed by atoms with Crippen LogP contribution in [0, 0.1) is 12.3 Å². The number of phenolic OH excluding ortho intramolecular Hbond substituents is 1. The minimum atomic E-state index is -0.157. The van der Waals surface area contributed by atoms with Crippen LogP contribution in [0.4, 0.5) is 17.3 Å². The van der Waals surface area contributed by atoms with Gasteiger partial charge in [-0.2, -0.15) is 8.75 Å². The fraction of sp³-hybridized carbons (Fsp3) is 0.435. The van der Waals surface area contributed by atoms with E-state index in [1.54, 1.807) is 23.1 Å². The molecule has 2 aromatic heterocycles. The van der Waals surface area contributed by atoms with Gasteiger partial charge in [0.2, 0.25) is 0 Å². The van der Waals surface area contributed by atoms with Crippen LogP contribution < -0.4 is 10.6 Å². The number of hydrogen-bond acceptors (Lipinski definition) is 8. The number of likely N-dealkylation sites (tertiary alicyclic amines) is 1. The predicted octanol–water partition coefficient (Wildman–Crippen LogP) is 5.32. The lowest BCUT2D eigenvalue weighted by atomic mass is 9.85. The minimum Gasteiger partial charge on any atom is -0.505 e. The number of amides is 1. The van der Waals surface area contributed by atoms with Crippen molar-refractivity contribution < 1.29 is 14.3 Å². The molecule has 1 aliphatic rings. The number of para-hydroxylation sites is 1. The van der Waals surface area contributed by atoms with Gasteiger partial charge in [-0.3, -0.25) is 4.79 Å². The molecule has 0 saturated carbocycles. The van der Waals surface area contributed by atoms with E-state index in [1.165, 1.54) is 0 Å². The molecule has 1 saturated heterocycles. The Morgan fingerprint density at radius 1 is 1.16 bits per heavy atom. The Morgan fingerprint density at radius 3 is 2.53 bits per heavy atom. The van der Waals surface area contributed by atoms with Gasteiger partial charge in [0, 0.05) is 13.1 Å². The molecule has 0 spiro atoms. The van der Waals surface area contributed by atoms with Crippen molar-refractivity contribution in [1.29, 1.82) is 0 Å². The highest BCUT2D eigenvalue weighted by atomic mass is 32.1. The van der Waals surface area contributed by atoms with Gasteiger partial charge in [-0.25, -0.2) is 0 Å². The molecule has 3 N–H and O–H groups in total. The molecule has 3 heterocycles. The molecule has 1 fully saturated rings. The second-order valence-electron chi connectivity index (χ2n) is 9.18. The number of furan rings is 1. The zero-order valence-corrected chi connectivity index (χ0v) is 19.6. The fourth-order valence-electron chi connectivity index (χ4n) is 3.86. The third-order valence-electron chi connectivity index (χ3n) is 5.59. The molecule has 4 rings (SSSR count). The Balaban J connectivity index is 1.58. The van der Waals surface area contributed by atoms with Gasteiger partial charge < -0.3 is 25.1 Å². The average Bonchev–Trinajstić information content (AvgIpc) is 3.49. The van der Waals surface area contributed by atoms with Gasteiger partial charge in [-0.1, -0.05) is 26.8 Å². The molecule has 8 nitrogen and oxygen atoms in total. The van der Waals surface area contributed by atoms with Crippen LogP contribution >= 0.6 is 11.7 Å². The van der Waals surface area contributed by atoms with E-state index in [1.807, 2.05) is 19.1 Å². The Kier molecular flexibility index (Phi) is 6.10. The van der Waals surface area contributed by atoms with Crippen molar-refractivity contribution in [3.8, 4) is 5.75 Å². The number of aryl methyl sites for hydroxylation is 1. The Labute approximate surface area is 192 Å². The Bertz CT molecular complexity index is 1100. The number of carbonyl (C=O) groups is 1. The van der Waals surface area contributed by atoms with Crippen LogP contribution in [-0.4, -0.2) is 37.8 Å². The normalized spacial score (nSPS) is 15.1. The van der Waals surface area contributed by atoms with Crippen molar-refractivity contribution in [1.82, 2.24) is 13.6 Å². The van der Waals surface area contributed by atoms with Crippen LogP contribution in [0.15, 0.2) is 34.7 Å². The second-order valence-corrected chi connectivity index (χ2v) is 9.71. The summed E-state index contributed by atoms with van der Waals surface area (Å²) >= 11 is 1.06. The van der Waals surface area contributed by atoms with Crippen molar-refractivity contribution in [3.05, 3.63) is 47.4 Å². The summed E-state index contributed by atoms with van der Waals surface area (Å²) in [7, 11) is 0. The highest BCUT2D eigenvalue weighted by Crippen LogP contribution is 2.39. The standard InChI is InChI=1S/C23H29N5O3S/c1-14-10-11-17(31-14)19(23(2,3)4)25-21-20(26-32-27-21)24-16-9-7-8-15(18(16)29)22(30)28-12-5-6-13-28/h7-11,19,29H,5-6,12-13H2,1-4H3,(H,24,26)(H,25,27)/t19-/m0/s1. The molecule has 1 atom stereocenters. The van der Waals surface area contributed by atoms with Crippen molar-refractivity contribution in [3.63, 3.8) is 0 Å². The van der Waals surface area contributed by atoms with E-state index in [-0.39, 0.29) is 28.7 Å². The molecule has 170 valence electrons. The molecule has 0 radical (unpaired) electrons. The van der Waals surface area contributed by atoms with E-state index in [9.17, 15) is 9.90 Å². The highest BCUT2D eigenvalue weighted by molar-refractivity contribution is 6.99. The largest absolute Gasteiger partial charge is 0.505 e. The monoisotopic (exact) mass is 455 g/mol. The summed E-state index contributed by atoms with van der Waals surface area (Å²) in [6.07, 6.45) is 1.99. The molecule has 0 aliphatic carbocycles. The van der Waals surface area contributed by atoms with Gasteiger partial charge in [0.1, 0.15) is 11.5 Å². The maximum Gasteiger partial charge on any atom is 0.257 e. The van der Waals surface area contributed by atoms with E-state index >= 15 is 0 Å². The van der Waals surface area contributed by atoms with Gasteiger partial charge >= 0.3 is 0 Å². The predicted molar refractivity (Wildman–Crippen MR) is 126 cm³/mol. The van der Waals surface area contributed by atoms with Crippen LogP contribution in [0.2, 0.25) is 0 Å². The summed E-state index contributed by atoms with van der Waals surface area (Å²) in [5.74, 6) is 2.45. The molecule has 0 unspecified atom stereocenters. The zero-order valence-electron chi connectivity index (χ0n) is 18.8. The summed E-state index contributed by atoms with van der Waals surface area (Å²) in [5.41, 5.74) is 0.537. The maximum atomic E-state index is 12.8. The van der Waals surface area contributed by atoms with E-state index in [2.05, 4.69) is 40.2 Å². The van der Waals surface area contributed by atoms with Crippen molar-refractivity contribution >= 4 is 35.0 Å². The van der Waals surface area contributed by atoms with E-state index in [4.69, 9.17) is 4.42 Å². The first-order chi connectivity index (χ1) is 15.2. The molecule has 1 amide bonds. The van der Waals surface area contributed by atoms with Crippen LogP contribution in [0.5, 0.6) is 5.75 Å². The molecular formula is C23H29N5O3S. The van der Waals surface area contributed by atoms with Crippen LogP contribution in [0.1, 0.15) is 61.5 Å². The first-order valence-electron chi connectivity index (χ1n) is 10.8. The molecule has 32 heavy (non-hydrogen) atoms. The summed E-state index contributed by atoms with van der Waals surface area (Å²) in [4.78, 5) is 14.6. The number of rotatable bonds is 6. The lowest BCUT2D eigenvalue weighted by molar-refractivity contribution is 0.0790. The zero-order chi connectivity index (χ0) is 22.9. The van der Waals surface area contributed by atoms with Crippen LogP contribution in [-0.2, 0) is 0 Å². The van der Waals surface area contributed by atoms with Crippen molar-refractivity contribution in [2.45, 2.75) is 46.6 Å².